The number of rotatable bonds is 5. The molecule has 0 amide bonds. The number of allylic oxidation sites excluding steroid dienone is 3. The van der Waals surface area contributed by atoms with Gasteiger partial charge in [0.05, 0.1) is 0 Å². The van der Waals surface area contributed by atoms with Gasteiger partial charge in [-0.1, -0.05) is 32.9 Å². The highest BCUT2D eigenvalue weighted by atomic mass is 14.9. The lowest BCUT2D eigenvalue weighted by molar-refractivity contribution is 0.311. The molecule has 0 heterocycles. The first-order valence-electron chi connectivity index (χ1n) is 5.29. The van der Waals surface area contributed by atoms with Crippen LogP contribution < -0.4 is 11.1 Å². The lowest BCUT2D eigenvalue weighted by Gasteiger charge is -2.32. The van der Waals surface area contributed by atoms with Crippen LogP contribution in [0.5, 0.6) is 0 Å². The van der Waals surface area contributed by atoms with Gasteiger partial charge in [-0.15, -0.1) is 0 Å². The van der Waals surface area contributed by atoms with Gasteiger partial charge in [0, 0.05) is 17.2 Å². The van der Waals surface area contributed by atoms with E-state index < -0.39 is 0 Å². The van der Waals surface area contributed by atoms with Gasteiger partial charge in [0.15, 0.2) is 0 Å². The van der Waals surface area contributed by atoms with Crippen molar-refractivity contribution in [3.05, 3.63) is 23.9 Å². The molecule has 0 aliphatic carbocycles. The lowest BCUT2D eigenvalue weighted by atomic mass is 9.82. The van der Waals surface area contributed by atoms with Crippen molar-refractivity contribution in [1.82, 2.24) is 5.32 Å². The SMILES string of the molecule is C/C=C\C=C(\N)C(C)(C)[C@H](C)NCC. The van der Waals surface area contributed by atoms with Crippen LogP contribution in [0.4, 0.5) is 0 Å². The Hall–Kier alpha value is -0.760. The average molecular weight is 196 g/mol. The summed E-state index contributed by atoms with van der Waals surface area (Å²) in [4.78, 5) is 0. The number of nitrogens with one attached hydrogen (secondary N) is 1. The molecule has 82 valence electrons. The summed E-state index contributed by atoms with van der Waals surface area (Å²) in [6, 6.07) is 0.383. The van der Waals surface area contributed by atoms with Crippen molar-refractivity contribution in [2.45, 2.75) is 40.7 Å². The van der Waals surface area contributed by atoms with Gasteiger partial charge in [-0.3, -0.25) is 0 Å². The summed E-state index contributed by atoms with van der Waals surface area (Å²) in [5.41, 5.74) is 6.95. The van der Waals surface area contributed by atoms with Gasteiger partial charge in [-0.2, -0.15) is 0 Å². The molecule has 14 heavy (non-hydrogen) atoms. The van der Waals surface area contributed by atoms with Gasteiger partial charge in [0.25, 0.3) is 0 Å². The van der Waals surface area contributed by atoms with E-state index in [4.69, 9.17) is 5.73 Å². The predicted octanol–water partition coefficient (Wildman–Crippen LogP) is 2.43. The molecule has 0 aliphatic heterocycles. The first-order chi connectivity index (χ1) is 6.46. The van der Waals surface area contributed by atoms with Crippen molar-refractivity contribution in [3.63, 3.8) is 0 Å². The lowest BCUT2D eigenvalue weighted by Crippen LogP contribution is -2.42. The van der Waals surface area contributed by atoms with E-state index in [1.54, 1.807) is 0 Å². The van der Waals surface area contributed by atoms with Crippen molar-refractivity contribution in [3.8, 4) is 0 Å². The maximum Gasteiger partial charge on any atom is 0.0193 e. The maximum absolute atomic E-state index is 6.04. The van der Waals surface area contributed by atoms with Crippen LogP contribution in [0.2, 0.25) is 0 Å². The molecule has 0 radical (unpaired) electrons. The molecule has 1 atom stereocenters. The van der Waals surface area contributed by atoms with Crippen LogP contribution in [0.25, 0.3) is 0 Å². The van der Waals surface area contributed by atoms with E-state index >= 15 is 0 Å². The molecule has 2 nitrogen and oxygen atoms in total. The van der Waals surface area contributed by atoms with E-state index in [1.165, 1.54) is 0 Å². The monoisotopic (exact) mass is 196 g/mol. The van der Waals surface area contributed by atoms with Gasteiger partial charge in [-0.05, 0) is 26.5 Å². The second kappa shape index (κ2) is 5.86. The largest absolute Gasteiger partial charge is 0.402 e. The Morgan fingerprint density at radius 1 is 1.50 bits per heavy atom. The fourth-order valence-electron chi connectivity index (χ4n) is 1.23. The van der Waals surface area contributed by atoms with Gasteiger partial charge in [0.2, 0.25) is 0 Å². The standard InChI is InChI=1S/C12H24N2/c1-6-8-9-11(13)12(4,5)10(3)14-7-2/h6,8-10,14H,7,13H2,1-5H3/b8-6-,11-9+/t10-/m0/s1. The van der Waals surface area contributed by atoms with Crippen LogP contribution in [0.1, 0.15) is 34.6 Å². The topological polar surface area (TPSA) is 38.0 Å². The van der Waals surface area contributed by atoms with Gasteiger partial charge in [-0.25, -0.2) is 0 Å². The average Bonchev–Trinajstić information content (AvgIpc) is 2.14. The second-order valence-corrected chi connectivity index (χ2v) is 4.15. The van der Waals surface area contributed by atoms with Crippen molar-refractivity contribution < 1.29 is 0 Å². The summed E-state index contributed by atoms with van der Waals surface area (Å²) in [5.74, 6) is 0. The van der Waals surface area contributed by atoms with E-state index in [0.717, 1.165) is 12.2 Å². The Bertz CT molecular complexity index is 214. The minimum Gasteiger partial charge on any atom is -0.402 e. The van der Waals surface area contributed by atoms with Crippen LogP contribution in [0.15, 0.2) is 23.9 Å². The molecule has 2 heteroatoms. The van der Waals surface area contributed by atoms with E-state index in [1.807, 2.05) is 25.2 Å². The normalized spacial score (nSPS) is 16.2. The maximum atomic E-state index is 6.04. The van der Waals surface area contributed by atoms with E-state index in [-0.39, 0.29) is 5.41 Å². The Balaban J connectivity index is 4.58. The highest BCUT2D eigenvalue weighted by Gasteiger charge is 2.27. The van der Waals surface area contributed by atoms with Crippen molar-refractivity contribution in [2.24, 2.45) is 11.1 Å². The van der Waals surface area contributed by atoms with Gasteiger partial charge < -0.3 is 11.1 Å². The van der Waals surface area contributed by atoms with E-state index in [2.05, 4.69) is 33.0 Å². The summed E-state index contributed by atoms with van der Waals surface area (Å²) in [7, 11) is 0. The first-order valence-corrected chi connectivity index (χ1v) is 5.29. The summed E-state index contributed by atoms with van der Waals surface area (Å²) in [6.45, 7) is 11.6. The summed E-state index contributed by atoms with van der Waals surface area (Å²) >= 11 is 0. The summed E-state index contributed by atoms with van der Waals surface area (Å²) in [5, 5.41) is 3.40. The van der Waals surface area contributed by atoms with Crippen LogP contribution in [0, 0.1) is 5.41 Å². The van der Waals surface area contributed by atoms with Gasteiger partial charge in [0.1, 0.15) is 0 Å². The third kappa shape index (κ3) is 3.54. The predicted molar refractivity (Wildman–Crippen MR) is 64.0 cm³/mol. The molecule has 0 fully saturated rings. The van der Waals surface area contributed by atoms with Gasteiger partial charge >= 0.3 is 0 Å². The summed E-state index contributed by atoms with van der Waals surface area (Å²) < 4.78 is 0. The third-order valence-electron chi connectivity index (χ3n) is 2.81. The molecule has 0 saturated heterocycles. The molecule has 0 saturated carbocycles. The fourth-order valence-corrected chi connectivity index (χ4v) is 1.23. The Morgan fingerprint density at radius 3 is 2.50 bits per heavy atom. The Morgan fingerprint density at radius 2 is 2.07 bits per heavy atom. The molecule has 3 N–H and O–H groups in total. The number of nitrogens with two attached hydrogens (primary N) is 1. The number of hydrogen-bond donors (Lipinski definition) is 2. The summed E-state index contributed by atoms with van der Waals surface area (Å²) in [6.07, 6.45) is 5.95. The zero-order valence-electron chi connectivity index (χ0n) is 10.1. The molecule has 0 aromatic carbocycles. The van der Waals surface area contributed by atoms with Crippen LogP contribution >= 0.6 is 0 Å². The minimum atomic E-state index is -0.00444. The van der Waals surface area contributed by atoms with Crippen molar-refractivity contribution in [2.75, 3.05) is 6.54 Å². The Kier molecular flexibility index (Phi) is 5.55. The Labute approximate surface area is 88.3 Å². The quantitative estimate of drug-likeness (QED) is 0.663. The minimum absolute atomic E-state index is 0.00444. The molecule has 0 aliphatic rings. The molecular weight excluding hydrogens is 172 g/mol. The molecule has 0 aromatic rings. The molecule has 0 unspecified atom stereocenters. The van der Waals surface area contributed by atoms with Crippen LogP contribution in [-0.2, 0) is 0 Å². The molecule has 0 spiro atoms. The van der Waals surface area contributed by atoms with Crippen molar-refractivity contribution >= 4 is 0 Å². The third-order valence-corrected chi connectivity index (χ3v) is 2.81. The van der Waals surface area contributed by atoms with E-state index in [0.29, 0.717) is 6.04 Å². The van der Waals surface area contributed by atoms with Crippen molar-refractivity contribution in [1.29, 1.82) is 0 Å². The van der Waals surface area contributed by atoms with Crippen LogP contribution in [0.3, 0.4) is 0 Å². The highest BCUT2D eigenvalue weighted by Crippen LogP contribution is 2.26. The number of hydrogen-bond acceptors (Lipinski definition) is 2. The zero-order valence-corrected chi connectivity index (χ0v) is 10.1. The zero-order chi connectivity index (χ0) is 11.2. The second-order valence-electron chi connectivity index (χ2n) is 4.15. The van der Waals surface area contributed by atoms with Crippen LogP contribution in [-0.4, -0.2) is 12.6 Å². The van der Waals surface area contributed by atoms with E-state index in [9.17, 15) is 0 Å². The fraction of sp³-hybridized carbons (Fsp3) is 0.667. The molecule has 0 bridgehead atoms. The first kappa shape index (κ1) is 13.2. The molecule has 0 aromatic heterocycles. The molecular formula is C12H24N2. The molecule has 0 rings (SSSR count). The smallest absolute Gasteiger partial charge is 0.0193 e. The highest BCUT2D eigenvalue weighted by molar-refractivity contribution is 5.17.